The first kappa shape index (κ1) is 15.9. The van der Waals surface area contributed by atoms with Crippen molar-refractivity contribution in [3.8, 4) is 0 Å². The number of benzene rings is 2. The highest BCUT2D eigenvalue weighted by atomic mass is 79.9. The zero-order valence-corrected chi connectivity index (χ0v) is 14.4. The molecule has 110 valence electrons. The van der Waals surface area contributed by atoms with Crippen LogP contribution in [0.15, 0.2) is 57.9 Å². The Bertz CT molecular complexity index is 791. The summed E-state index contributed by atoms with van der Waals surface area (Å²) < 4.78 is 27.2. The maximum absolute atomic E-state index is 12.7. The molecule has 0 aromatic heterocycles. The van der Waals surface area contributed by atoms with E-state index in [-0.39, 0.29) is 9.88 Å². The van der Waals surface area contributed by atoms with Gasteiger partial charge in [0, 0.05) is 17.1 Å². The molecule has 0 bridgehead atoms. The molecule has 0 unspecified atom stereocenters. The van der Waals surface area contributed by atoms with Crippen molar-refractivity contribution in [3.63, 3.8) is 0 Å². The van der Waals surface area contributed by atoms with Gasteiger partial charge in [0.15, 0.2) is 0 Å². The molecule has 4 nitrogen and oxygen atoms in total. The third-order valence-electron chi connectivity index (χ3n) is 2.96. The Morgan fingerprint density at radius 2 is 1.86 bits per heavy atom. The monoisotopic (exact) mass is 384 g/mol. The first-order valence-corrected chi connectivity index (χ1v) is 8.61. The molecular formula is C14H13BrN2O2S2. The van der Waals surface area contributed by atoms with Gasteiger partial charge in [-0.05, 0) is 30.3 Å². The molecule has 7 heteroatoms. The van der Waals surface area contributed by atoms with E-state index >= 15 is 0 Å². The number of hydrogen-bond acceptors (Lipinski definition) is 3. The Hall–Kier alpha value is -1.44. The average Bonchev–Trinajstić information content (AvgIpc) is 2.46. The molecule has 0 radical (unpaired) electrons. The molecule has 0 fully saturated rings. The topological polar surface area (TPSA) is 63.4 Å². The van der Waals surface area contributed by atoms with Crippen LogP contribution in [-0.4, -0.2) is 20.5 Å². The number of para-hydroxylation sites is 1. The Morgan fingerprint density at radius 3 is 2.48 bits per heavy atom. The van der Waals surface area contributed by atoms with E-state index in [0.717, 1.165) is 0 Å². The zero-order chi connectivity index (χ0) is 15.6. The molecule has 2 aromatic rings. The van der Waals surface area contributed by atoms with Crippen molar-refractivity contribution >= 4 is 48.8 Å². The van der Waals surface area contributed by atoms with Crippen LogP contribution in [0.5, 0.6) is 0 Å². The molecule has 0 aliphatic carbocycles. The number of halogens is 1. The van der Waals surface area contributed by atoms with Gasteiger partial charge < -0.3 is 5.73 Å². The number of thiocarbonyl (C=S) groups is 1. The van der Waals surface area contributed by atoms with Crippen molar-refractivity contribution in [2.75, 3.05) is 11.4 Å². The fourth-order valence-electron chi connectivity index (χ4n) is 1.87. The number of anilines is 1. The second kappa shape index (κ2) is 6.13. The van der Waals surface area contributed by atoms with Gasteiger partial charge in [-0.15, -0.1) is 0 Å². The first-order chi connectivity index (χ1) is 9.84. The first-order valence-electron chi connectivity index (χ1n) is 5.97. The van der Waals surface area contributed by atoms with Crippen LogP contribution < -0.4 is 10.0 Å². The minimum Gasteiger partial charge on any atom is -0.389 e. The number of sulfonamides is 1. The quantitative estimate of drug-likeness (QED) is 0.823. The van der Waals surface area contributed by atoms with Crippen LogP contribution in [0.4, 0.5) is 5.69 Å². The van der Waals surface area contributed by atoms with Gasteiger partial charge in [-0.25, -0.2) is 8.42 Å². The van der Waals surface area contributed by atoms with E-state index in [4.69, 9.17) is 18.0 Å². The van der Waals surface area contributed by atoms with Gasteiger partial charge in [-0.3, -0.25) is 4.31 Å². The molecule has 0 saturated heterocycles. The van der Waals surface area contributed by atoms with Crippen molar-refractivity contribution in [1.29, 1.82) is 0 Å². The van der Waals surface area contributed by atoms with E-state index in [0.29, 0.717) is 15.7 Å². The van der Waals surface area contributed by atoms with Gasteiger partial charge in [0.1, 0.15) is 4.99 Å². The summed E-state index contributed by atoms with van der Waals surface area (Å²) in [6.07, 6.45) is 0. The second-order valence-electron chi connectivity index (χ2n) is 4.31. The molecule has 2 N–H and O–H groups in total. The van der Waals surface area contributed by atoms with Gasteiger partial charge in [-0.2, -0.15) is 0 Å². The van der Waals surface area contributed by atoms with Gasteiger partial charge in [0.25, 0.3) is 10.0 Å². The Morgan fingerprint density at radius 1 is 1.19 bits per heavy atom. The summed E-state index contributed by atoms with van der Waals surface area (Å²) in [5.74, 6) is 0. The Labute approximate surface area is 137 Å². The highest BCUT2D eigenvalue weighted by Crippen LogP contribution is 2.26. The highest BCUT2D eigenvalue weighted by Gasteiger charge is 2.23. The van der Waals surface area contributed by atoms with Crippen LogP contribution >= 0.6 is 28.1 Å². The molecule has 0 amide bonds. The van der Waals surface area contributed by atoms with Crippen LogP contribution in [0.2, 0.25) is 0 Å². The van der Waals surface area contributed by atoms with E-state index in [1.165, 1.54) is 11.4 Å². The fraction of sp³-hybridized carbons (Fsp3) is 0.0714. The number of rotatable bonds is 4. The van der Waals surface area contributed by atoms with E-state index in [1.54, 1.807) is 48.5 Å². The lowest BCUT2D eigenvalue weighted by atomic mass is 10.2. The normalized spacial score (nSPS) is 11.1. The summed E-state index contributed by atoms with van der Waals surface area (Å²) in [6, 6.07) is 13.4. The predicted octanol–water partition coefficient (Wildman–Crippen LogP) is 2.91. The third kappa shape index (κ3) is 3.25. The second-order valence-corrected chi connectivity index (χ2v) is 7.64. The summed E-state index contributed by atoms with van der Waals surface area (Å²) >= 11 is 8.25. The van der Waals surface area contributed by atoms with Gasteiger partial charge >= 0.3 is 0 Å². The average molecular weight is 385 g/mol. The van der Waals surface area contributed by atoms with Crippen LogP contribution in [0.1, 0.15) is 5.56 Å². The van der Waals surface area contributed by atoms with E-state index < -0.39 is 10.0 Å². The van der Waals surface area contributed by atoms with Crippen molar-refractivity contribution in [2.24, 2.45) is 5.73 Å². The molecule has 2 aromatic carbocycles. The van der Waals surface area contributed by atoms with Gasteiger partial charge in [0.2, 0.25) is 0 Å². The Balaban J connectivity index is 2.54. The smallest absolute Gasteiger partial charge is 0.264 e. The number of nitrogens with two attached hydrogens (primary N) is 1. The van der Waals surface area contributed by atoms with Crippen molar-refractivity contribution in [3.05, 3.63) is 58.6 Å². The molecule has 0 spiro atoms. The minimum atomic E-state index is -3.68. The lowest BCUT2D eigenvalue weighted by Crippen LogP contribution is -2.28. The van der Waals surface area contributed by atoms with Crippen molar-refractivity contribution in [2.45, 2.75) is 4.90 Å². The maximum atomic E-state index is 12.7. The summed E-state index contributed by atoms with van der Waals surface area (Å²) in [5.41, 5.74) is 6.63. The molecule has 0 aliphatic rings. The lowest BCUT2D eigenvalue weighted by molar-refractivity contribution is 0.594. The van der Waals surface area contributed by atoms with E-state index in [9.17, 15) is 8.42 Å². The van der Waals surface area contributed by atoms with Gasteiger partial charge in [-0.1, -0.05) is 46.3 Å². The van der Waals surface area contributed by atoms with Crippen LogP contribution in [0.25, 0.3) is 0 Å². The van der Waals surface area contributed by atoms with Crippen LogP contribution in [0.3, 0.4) is 0 Å². The van der Waals surface area contributed by atoms with Gasteiger partial charge in [0.05, 0.1) is 10.6 Å². The third-order valence-corrected chi connectivity index (χ3v) is 5.44. The SMILES string of the molecule is CN(c1ccccc1C(N)=S)S(=O)(=O)c1cccc(Br)c1. The fourth-order valence-corrected chi connectivity index (χ4v) is 3.86. The maximum Gasteiger partial charge on any atom is 0.264 e. The largest absolute Gasteiger partial charge is 0.389 e. The minimum absolute atomic E-state index is 0.155. The highest BCUT2D eigenvalue weighted by molar-refractivity contribution is 9.10. The molecule has 2 rings (SSSR count). The molecule has 0 atom stereocenters. The predicted molar refractivity (Wildman–Crippen MR) is 92.1 cm³/mol. The van der Waals surface area contributed by atoms with Crippen LogP contribution in [0, 0.1) is 0 Å². The molecule has 0 aliphatic heterocycles. The number of hydrogen-bond donors (Lipinski definition) is 1. The van der Waals surface area contributed by atoms with E-state index in [1.807, 2.05) is 0 Å². The zero-order valence-electron chi connectivity index (χ0n) is 11.2. The summed E-state index contributed by atoms with van der Waals surface area (Å²) in [4.78, 5) is 0.346. The summed E-state index contributed by atoms with van der Waals surface area (Å²) in [5, 5.41) is 0. The molecular weight excluding hydrogens is 372 g/mol. The Kier molecular flexibility index (Phi) is 4.65. The molecule has 21 heavy (non-hydrogen) atoms. The standard InChI is InChI=1S/C14H13BrN2O2S2/c1-17(13-8-3-2-7-12(13)14(16)20)21(18,19)11-6-4-5-10(15)9-11/h2-9H,1H3,(H2,16,20). The van der Waals surface area contributed by atoms with Crippen LogP contribution in [-0.2, 0) is 10.0 Å². The summed E-state index contributed by atoms with van der Waals surface area (Å²) in [6.45, 7) is 0. The summed E-state index contributed by atoms with van der Waals surface area (Å²) in [7, 11) is -2.20. The molecule has 0 saturated carbocycles. The number of nitrogens with zero attached hydrogens (tertiary/aromatic N) is 1. The van der Waals surface area contributed by atoms with Crippen molar-refractivity contribution < 1.29 is 8.42 Å². The lowest BCUT2D eigenvalue weighted by Gasteiger charge is -2.22. The van der Waals surface area contributed by atoms with Crippen molar-refractivity contribution in [1.82, 2.24) is 0 Å². The van der Waals surface area contributed by atoms with E-state index in [2.05, 4.69) is 15.9 Å². The molecule has 0 heterocycles.